The number of carbonyl (C=O) groups excluding carboxylic acids is 1. The van der Waals surface area contributed by atoms with Crippen molar-refractivity contribution in [3.8, 4) is 0 Å². The minimum Gasteiger partial charge on any atom is -0.338 e. The van der Waals surface area contributed by atoms with Crippen molar-refractivity contribution >= 4 is 11.6 Å². The number of aryl methyl sites for hydroxylation is 2. The molecule has 0 saturated carbocycles. The highest BCUT2D eigenvalue weighted by Gasteiger charge is 2.31. The van der Waals surface area contributed by atoms with E-state index in [4.69, 9.17) is 0 Å². The summed E-state index contributed by atoms with van der Waals surface area (Å²) >= 11 is 0. The van der Waals surface area contributed by atoms with Crippen LogP contribution >= 0.6 is 0 Å². The normalized spacial score (nSPS) is 18.0. The Morgan fingerprint density at radius 2 is 2.26 bits per heavy atom. The number of imidazole rings is 1. The van der Waals surface area contributed by atoms with Crippen molar-refractivity contribution in [3.05, 3.63) is 47.9 Å². The van der Waals surface area contributed by atoms with E-state index in [-0.39, 0.29) is 11.8 Å². The number of hydrogen-bond acceptors (Lipinski definition) is 4. The van der Waals surface area contributed by atoms with Gasteiger partial charge in [-0.3, -0.25) is 4.79 Å². The lowest BCUT2D eigenvalue weighted by Crippen LogP contribution is -2.28. The second kappa shape index (κ2) is 5.19. The topological polar surface area (TPSA) is 68.3 Å². The zero-order valence-corrected chi connectivity index (χ0v) is 13.2. The van der Waals surface area contributed by atoms with Crippen LogP contribution in [0.15, 0.2) is 30.9 Å². The molecule has 0 bridgehead atoms. The molecule has 23 heavy (non-hydrogen) atoms. The van der Waals surface area contributed by atoms with E-state index in [0.717, 1.165) is 24.5 Å². The molecule has 0 N–H and O–H groups in total. The maximum Gasteiger partial charge on any atom is 0.259 e. The molecule has 1 fully saturated rings. The van der Waals surface area contributed by atoms with Crippen LogP contribution in [-0.4, -0.2) is 48.0 Å². The van der Waals surface area contributed by atoms with Gasteiger partial charge in [0.2, 0.25) is 0 Å². The number of likely N-dealkylation sites (tertiary alicyclic amines) is 1. The molecule has 0 aliphatic carbocycles. The number of amides is 1. The fraction of sp³-hybridized carbons (Fsp3) is 0.375. The summed E-state index contributed by atoms with van der Waals surface area (Å²) in [6, 6.07) is 1.80. The first-order chi connectivity index (χ1) is 11.1. The van der Waals surface area contributed by atoms with Gasteiger partial charge in [-0.15, -0.1) is 0 Å². The van der Waals surface area contributed by atoms with E-state index in [1.807, 2.05) is 25.1 Å². The highest BCUT2D eigenvalue weighted by Crippen LogP contribution is 2.27. The molecule has 0 unspecified atom stereocenters. The molecule has 7 nitrogen and oxygen atoms in total. The number of aromatic nitrogens is 5. The quantitative estimate of drug-likeness (QED) is 0.717. The van der Waals surface area contributed by atoms with Crippen LogP contribution in [0, 0.1) is 6.92 Å². The summed E-state index contributed by atoms with van der Waals surface area (Å²) in [6.45, 7) is 3.42. The van der Waals surface area contributed by atoms with Gasteiger partial charge in [-0.1, -0.05) is 0 Å². The average Bonchev–Trinajstić information content (AvgIpc) is 3.24. The van der Waals surface area contributed by atoms with E-state index >= 15 is 0 Å². The van der Waals surface area contributed by atoms with E-state index < -0.39 is 0 Å². The number of fused-ring (bicyclic) bond motifs is 1. The van der Waals surface area contributed by atoms with Crippen molar-refractivity contribution in [1.82, 2.24) is 29.0 Å². The summed E-state index contributed by atoms with van der Waals surface area (Å²) in [5, 5.41) is 4.20. The fourth-order valence-electron chi connectivity index (χ4n) is 3.32. The molecule has 7 heteroatoms. The van der Waals surface area contributed by atoms with Gasteiger partial charge in [0, 0.05) is 44.6 Å². The van der Waals surface area contributed by atoms with Gasteiger partial charge in [0.15, 0.2) is 5.65 Å². The average molecular weight is 310 g/mol. The maximum absolute atomic E-state index is 12.8. The van der Waals surface area contributed by atoms with Gasteiger partial charge in [-0.05, 0) is 19.4 Å². The lowest BCUT2D eigenvalue weighted by molar-refractivity contribution is 0.0792. The Labute approximate surface area is 133 Å². The Morgan fingerprint density at radius 1 is 1.39 bits per heavy atom. The molecule has 1 saturated heterocycles. The predicted molar refractivity (Wildman–Crippen MR) is 84.2 cm³/mol. The summed E-state index contributed by atoms with van der Waals surface area (Å²) in [5.74, 6) is 1.33. The minimum absolute atomic E-state index is 0.00729. The zero-order valence-electron chi connectivity index (χ0n) is 13.2. The van der Waals surface area contributed by atoms with Gasteiger partial charge in [0.05, 0.1) is 11.9 Å². The van der Waals surface area contributed by atoms with Crippen molar-refractivity contribution in [3.63, 3.8) is 0 Å². The highest BCUT2D eigenvalue weighted by atomic mass is 16.2. The van der Waals surface area contributed by atoms with Crippen LogP contribution in [0.1, 0.15) is 34.2 Å². The summed E-state index contributed by atoms with van der Waals surface area (Å²) in [4.78, 5) is 23.5. The summed E-state index contributed by atoms with van der Waals surface area (Å²) in [6.07, 6.45) is 8.03. The molecule has 0 radical (unpaired) electrons. The van der Waals surface area contributed by atoms with Crippen molar-refractivity contribution in [2.45, 2.75) is 19.3 Å². The van der Waals surface area contributed by atoms with E-state index in [2.05, 4.69) is 19.6 Å². The van der Waals surface area contributed by atoms with Crippen molar-refractivity contribution in [2.24, 2.45) is 7.05 Å². The van der Waals surface area contributed by atoms with Crippen molar-refractivity contribution in [2.75, 3.05) is 13.1 Å². The summed E-state index contributed by atoms with van der Waals surface area (Å²) in [5.41, 5.74) is 2.18. The molecule has 1 aliphatic heterocycles. The Balaban J connectivity index is 1.58. The van der Waals surface area contributed by atoms with E-state index in [1.165, 1.54) is 0 Å². The second-order valence-electron chi connectivity index (χ2n) is 6.03. The molecule has 118 valence electrons. The lowest BCUT2D eigenvalue weighted by Gasteiger charge is -2.15. The third-order valence-electron chi connectivity index (χ3n) is 4.38. The van der Waals surface area contributed by atoms with Gasteiger partial charge in [0.1, 0.15) is 11.4 Å². The van der Waals surface area contributed by atoms with Crippen LogP contribution in [0.25, 0.3) is 5.65 Å². The number of hydrogen-bond donors (Lipinski definition) is 0. The Hall–Kier alpha value is -2.70. The van der Waals surface area contributed by atoms with Gasteiger partial charge in [0.25, 0.3) is 5.91 Å². The van der Waals surface area contributed by atoms with Crippen molar-refractivity contribution in [1.29, 1.82) is 0 Å². The first kappa shape index (κ1) is 13.9. The van der Waals surface area contributed by atoms with Crippen LogP contribution < -0.4 is 0 Å². The molecular formula is C16H18N6O. The molecule has 0 aromatic carbocycles. The van der Waals surface area contributed by atoms with Crippen LogP contribution in [0.3, 0.4) is 0 Å². The lowest BCUT2D eigenvalue weighted by atomic mass is 10.1. The van der Waals surface area contributed by atoms with E-state index in [9.17, 15) is 4.79 Å². The van der Waals surface area contributed by atoms with E-state index in [1.54, 1.807) is 29.2 Å². The zero-order chi connectivity index (χ0) is 16.0. The Kier molecular flexibility index (Phi) is 3.14. The number of carbonyl (C=O) groups is 1. The van der Waals surface area contributed by atoms with Crippen LogP contribution in [0.4, 0.5) is 0 Å². The minimum atomic E-state index is -0.00729. The summed E-state index contributed by atoms with van der Waals surface area (Å²) in [7, 11) is 2.01. The standard InChI is InChI=1S/C16H18N6O/c1-11-9-20(2)14(19-11)12-4-7-21(10-12)16(23)13-8-18-22-6-3-5-17-15(13)22/h3,5-6,8-9,12H,4,7,10H2,1-2H3/t12-/m1/s1. The molecule has 4 heterocycles. The number of nitrogens with zero attached hydrogens (tertiary/aromatic N) is 6. The fourth-order valence-corrected chi connectivity index (χ4v) is 3.32. The molecule has 1 aliphatic rings. The van der Waals surface area contributed by atoms with Crippen molar-refractivity contribution < 1.29 is 4.79 Å². The molecule has 1 atom stereocenters. The Bertz CT molecular complexity index is 880. The van der Waals surface area contributed by atoms with Gasteiger partial charge < -0.3 is 9.47 Å². The Morgan fingerprint density at radius 3 is 3.04 bits per heavy atom. The number of rotatable bonds is 2. The van der Waals surface area contributed by atoms with Crippen LogP contribution in [0.5, 0.6) is 0 Å². The molecule has 3 aromatic heterocycles. The monoisotopic (exact) mass is 310 g/mol. The highest BCUT2D eigenvalue weighted by molar-refractivity contribution is 5.99. The van der Waals surface area contributed by atoms with Gasteiger partial charge >= 0.3 is 0 Å². The molecule has 0 spiro atoms. The van der Waals surface area contributed by atoms with Crippen LogP contribution in [-0.2, 0) is 7.05 Å². The van der Waals surface area contributed by atoms with E-state index in [0.29, 0.717) is 17.8 Å². The smallest absolute Gasteiger partial charge is 0.259 e. The van der Waals surface area contributed by atoms with Gasteiger partial charge in [-0.2, -0.15) is 5.10 Å². The maximum atomic E-state index is 12.8. The van der Waals surface area contributed by atoms with Crippen LogP contribution in [0.2, 0.25) is 0 Å². The molecule has 3 aromatic rings. The third kappa shape index (κ3) is 2.28. The van der Waals surface area contributed by atoms with Gasteiger partial charge in [-0.25, -0.2) is 14.5 Å². The summed E-state index contributed by atoms with van der Waals surface area (Å²) < 4.78 is 3.69. The first-order valence-electron chi connectivity index (χ1n) is 7.71. The first-order valence-corrected chi connectivity index (χ1v) is 7.71. The second-order valence-corrected chi connectivity index (χ2v) is 6.03. The largest absolute Gasteiger partial charge is 0.338 e. The molecular weight excluding hydrogens is 292 g/mol. The molecule has 1 amide bonds. The SMILES string of the molecule is Cc1cn(C)c([C@@H]2CCN(C(=O)c3cnn4cccnc34)C2)n1. The third-order valence-corrected chi connectivity index (χ3v) is 4.38. The predicted octanol–water partition coefficient (Wildman–Crippen LogP) is 1.40. The molecule has 4 rings (SSSR count).